The molecule has 0 spiro atoms. The summed E-state index contributed by atoms with van der Waals surface area (Å²) in [5.41, 5.74) is 0.169. The number of rotatable bonds is 5. The average molecular weight is 311 g/mol. The standard InChI is InChI=1S/C14H21N3O3S/c1-3-4-14(12(18)19)5-6-17(9-14)13(20)15-7-11-16-10(2)8-21-11/h8H,3-7,9H2,1-2H3,(H,15,20)(H,18,19). The molecule has 1 unspecified atom stereocenters. The third kappa shape index (κ3) is 3.53. The highest BCUT2D eigenvalue weighted by molar-refractivity contribution is 7.09. The van der Waals surface area contributed by atoms with Crippen LogP contribution in [0, 0.1) is 12.3 Å². The summed E-state index contributed by atoms with van der Waals surface area (Å²) < 4.78 is 0. The molecule has 6 nitrogen and oxygen atoms in total. The van der Waals surface area contributed by atoms with E-state index >= 15 is 0 Å². The van der Waals surface area contributed by atoms with Crippen LogP contribution in [0.4, 0.5) is 4.79 Å². The van der Waals surface area contributed by atoms with Crippen LogP contribution in [0.15, 0.2) is 5.38 Å². The van der Waals surface area contributed by atoms with Crippen molar-refractivity contribution >= 4 is 23.3 Å². The highest BCUT2D eigenvalue weighted by Crippen LogP contribution is 2.35. The van der Waals surface area contributed by atoms with Crippen molar-refractivity contribution in [2.45, 2.75) is 39.7 Å². The summed E-state index contributed by atoms with van der Waals surface area (Å²) in [7, 11) is 0. The van der Waals surface area contributed by atoms with Crippen molar-refractivity contribution in [3.63, 3.8) is 0 Å². The lowest BCUT2D eigenvalue weighted by atomic mass is 9.83. The van der Waals surface area contributed by atoms with E-state index in [0.717, 1.165) is 17.1 Å². The molecule has 1 atom stereocenters. The van der Waals surface area contributed by atoms with Crippen LogP contribution in [-0.2, 0) is 11.3 Å². The van der Waals surface area contributed by atoms with Crippen molar-refractivity contribution < 1.29 is 14.7 Å². The minimum atomic E-state index is -0.796. The maximum Gasteiger partial charge on any atom is 0.317 e. The largest absolute Gasteiger partial charge is 0.481 e. The number of aliphatic carboxylic acids is 1. The normalized spacial score (nSPS) is 21.5. The fourth-order valence-electron chi connectivity index (χ4n) is 2.76. The SMILES string of the molecule is CCCC1(C(=O)O)CCN(C(=O)NCc2nc(C)cs2)C1. The number of carbonyl (C=O) groups is 2. The van der Waals surface area contributed by atoms with E-state index in [-0.39, 0.29) is 6.03 Å². The molecule has 1 aromatic heterocycles. The van der Waals surface area contributed by atoms with Gasteiger partial charge in [0.25, 0.3) is 0 Å². The van der Waals surface area contributed by atoms with Crippen LogP contribution in [0.3, 0.4) is 0 Å². The van der Waals surface area contributed by atoms with Gasteiger partial charge >= 0.3 is 12.0 Å². The van der Waals surface area contributed by atoms with Gasteiger partial charge in [0.05, 0.1) is 12.0 Å². The number of carboxylic acid groups (broad SMARTS) is 1. The molecule has 1 fully saturated rings. The lowest BCUT2D eigenvalue weighted by molar-refractivity contribution is -0.148. The average Bonchev–Trinajstić information content (AvgIpc) is 3.04. The second-order valence-corrected chi connectivity index (χ2v) is 6.49. The van der Waals surface area contributed by atoms with Crippen LogP contribution in [0.5, 0.6) is 0 Å². The molecule has 1 aliphatic heterocycles. The molecular formula is C14H21N3O3S. The van der Waals surface area contributed by atoms with Crippen LogP contribution < -0.4 is 5.32 Å². The van der Waals surface area contributed by atoms with Gasteiger partial charge in [-0.25, -0.2) is 9.78 Å². The molecule has 0 aromatic carbocycles. The lowest BCUT2D eigenvalue weighted by Gasteiger charge is -2.24. The van der Waals surface area contributed by atoms with E-state index in [9.17, 15) is 14.7 Å². The predicted molar refractivity (Wildman–Crippen MR) is 80.3 cm³/mol. The molecule has 0 radical (unpaired) electrons. The Bertz CT molecular complexity index is 531. The minimum Gasteiger partial charge on any atom is -0.481 e. The molecule has 2 N–H and O–H groups in total. The Kier molecular flexibility index (Phi) is 4.82. The van der Waals surface area contributed by atoms with E-state index in [1.165, 1.54) is 11.3 Å². The highest BCUT2D eigenvalue weighted by atomic mass is 32.1. The number of hydrogen-bond donors (Lipinski definition) is 2. The number of carboxylic acids is 1. The van der Waals surface area contributed by atoms with E-state index in [2.05, 4.69) is 10.3 Å². The van der Waals surface area contributed by atoms with Crippen molar-refractivity contribution in [3.05, 3.63) is 16.1 Å². The summed E-state index contributed by atoms with van der Waals surface area (Å²) in [5, 5.41) is 15.1. The van der Waals surface area contributed by atoms with Crippen molar-refractivity contribution in [2.24, 2.45) is 5.41 Å². The molecule has 2 heterocycles. The van der Waals surface area contributed by atoms with Gasteiger partial charge in [0, 0.05) is 24.2 Å². The van der Waals surface area contributed by atoms with Gasteiger partial charge in [-0.15, -0.1) is 11.3 Å². The highest BCUT2D eigenvalue weighted by Gasteiger charge is 2.45. The van der Waals surface area contributed by atoms with Crippen LogP contribution in [0.25, 0.3) is 0 Å². The van der Waals surface area contributed by atoms with Gasteiger partial charge in [-0.1, -0.05) is 13.3 Å². The fraction of sp³-hybridized carbons (Fsp3) is 0.643. The fourth-order valence-corrected chi connectivity index (χ4v) is 3.47. The summed E-state index contributed by atoms with van der Waals surface area (Å²) in [6, 6.07) is -0.206. The Balaban J connectivity index is 1.91. The number of likely N-dealkylation sites (tertiary alicyclic amines) is 1. The Morgan fingerprint density at radius 2 is 2.33 bits per heavy atom. The maximum atomic E-state index is 12.1. The van der Waals surface area contributed by atoms with Crippen molar-refractivity contribution in [3.8, 4) is 0 Å². The van der Waals surface area contributed by atoms with Gasteiger partial charge in [0.15, 0.2) is 0 Å². The second kappa shape index (κ2) is 6.43. The number of thiazole rings is 1. The summed E-state index contributed by atoms with van der Waals surface area (Å²) in [6.07, 6.45) is 1.94. The summed E-state index contributed by atoms with van der Waals surface area (Å²) in [6.45, 7) is 5.06. The first kappa shape index (κ1) is 15.8. The maximum absolute atomic E-state index is 12.1. The number of aromatic nitrogens is 1. The Labute approximate surface area is 128 Å². The van der Waals surface area contributed by atoms with Gasteiger partial charge in [-0.2, -0.15) is 0 Å². The molecule has 0 aliphatic carbocycles. The first-order valence-corrected chi connectivity index (χ1v) is 8.02. The predicted octanol–water partition coefficient (Wildman–Crippen LogP) is 2.24. The molecule has 1 aliphatic rings. The van der Waals surface area contributed by atoms with Gasteiger partial charge in [0.1, 0.15) is 5.01 Å². The molecule has 1 aromatic rings. The summed E-state index contributed by atoms with van der Waals surface area (Å²) in [5.74, 6) is -0.796. The zero-order valence-corrected chi connectivity index (χ0v) is 13.2. The first-order valence-electron chi connectivity index (χ1n) is 7.14. The number of nitrogens with zero attached hydrogens (tertiary/aromatic N) is 2. The number of nitrogens with one attached hydrogen (secondary N) is 1. The Hall–Kier alpha value is -1.63. The van der Waals surface area contributed by atoms with E-state index in [0.29, 0.717) is 32.5 Å². The zero-order valence-electron chi connectivity index (χ0n) is 12.4. The number of amides is 2. The molecule has 1 saturated heterocycles. The molecule has 116 valence electrons. The van der Waals surface area contributed by atoms with E-state index in [1.54, 1.807) is 4.90 Å². The summed E-state index contributed by atoms with van der Waals surface area (Å²) in [4.78, 5) is 29.5. The number of aryl methyl sites for hydroxylation is 1. The minimum absolute atomic E-state index is 0.206. The topological polar surface area (TPSA) is 82.5 Å². The van der Waals surface area contributed by atoms with Crippen molar-refractivity contribution in [1.82, 2.24) is 15.2 Å². The van der Waals surface area contributed by atoms with Crippen LogP contribution in [0.2, 0.25) is 0 Å². The van der Waals surface area contributed by atoms with Crippen LogP contribution in [0.1, 0.15) is 36.9 Å². The third-order valence-corrected chi connectivity index (χ3v) is 4.85. The molecular weight excluding hydrogens is 290 g/mol. The Morgan fingerprint density at radius 1 is 1.57 bits per heavy atom. The van der Waals surface area contributed by atoms with Crippen molar-refractivity contribution in [1.29, 1.82) is 0 Å². The van der Waals surface area contributed by atoms with E-state index in [1.807, 2.05) is 19.2 Å². The van der Waals surface area contributed by atoms with Crippen LogP contribution >= 0.6 is 11.3 Å². The number of hydrogen-bond acceptors (Lipinski definition) is 4. The molecule has 2 amide bonds. The number of urea groups is 1. The van der Waals surface area contributed by atoms with E-state index in [4.69, 9.17) is 0 Å². The Morgan fingerprint density at radius 3 is 2.90 bits per heavy atom. The zero-order chi connectivity index (χ0) is 15.5. The van der Waals surface area contributed by atoms with Gasteiger partial charge in [0.2, 0.25) is 0 Å². The van der Waals surface area contributed by atoms with Gasteiger partial charge in [-0.3, -0.25) is 4.79 Å². The third-order valence-electron chi connectivity index (χ3n) is 3.88. The molecule has 7 heteroatoms. The monoisotopic (exact) mass is 311 g/mol. The van der Waals surface area contributed by atoms with Gasteiger partial charge in [-0.05, 0) is 19.8 Å². The molecule has 21 heavy (non-hydrogen) atoms. The summed E-state index contributed by atoms with van der Waals surface area (Å²) >= 11 is 1.51. The molecule has 0 bridgehead atoms. The first-order chi connectivity index (χ1) is 9.97. The smallest absolute Gasteiger partial charge is 0.317 e. The van der Waals surface area contributed by atoms with Crippen molar-refractivity contribution in [2.75, 3.05) is 13.1 Å². The van der Waals surface area contributed by atoms with Crippen LogP contribution in [-0.4, -0.2) is 40.1 Å². The molecule has 2 rings (SSSR count). The quantitative estimate of drug-likeness (QED) is 0.873. The second-order valence-electron chi connectivity index (χ2n) is 5.55. The lowest BCUT2D eigenvalue weighted by Crippen LogP contribution is -2.41. The van der Waals surface area contributed by atoms with E-state index < -0.39 is 11.4 Å². The van der Waals surface area contributed by atoms with Gasteiger partial charge < -0.3 is 15.3 Å². The molecule has 0 saturated carbocycles. The number of carbonyl (C=O) groups excluding carboxylic acids is 1.